The van der Waals surface area contributed by atoms with Crippen LogP contribution in [0.1, 0.15) is 17.4 Å². The zero-order valence-electron chi connectivity index (χ0n) is 7.28. The van der Waals surface area contributed by atoms with Gasteiger partial charge in [-0.15, -0.1) is 0 Å². The fraction of sp³-hybridized carbons (Fsp3) is 0.250. The van der Waals surface area contributed by atoms with Crippen LogP contribution in [0.4, 0.5) is 0 Å². The molecule has 1 aromatic rings. The first-order valence-corrected chi connectivity index (χ1v) is 3.89. The molecular formula is C8H11N3O2. The van der Waals surface area contributed by atoms with E-state index >= 15 is 0 Å². The second-order valence-electron chi connectivity index (χ2n) is 2.35. The van der Waals surface area contributed by atoms with Crippen LogP contribution >= 0.6 is 0 Å². The topological polar surface area (TPSA) is 77.2 Å². The predicted octanol–water partition coefficient (Wildman–Crippen LogP) is 0.0838. The van der Waals surface area contributed by atoms with Crippen molar-refractivity contribution in [2.75, 3.05) is 6.54 Å². The van der Waals surface area contributed by atoms with Crippen molar-refractivity contribution < 1.29 is 9.63 Å². The first kappa shape index (κ1) is 9.47. The minimum atomic E-state index is -0.235. The summed E-state index contributed by atoms with van der Waals surface area (Å²) >= 11 is 0. The molecule has 0 bridgehead atoms. The van der Waals surface area contributed by atoms with Gasteiger partial charge in [-0.1, -0.05) is 0 Å². The molecule has 70 valence electrons. The van der Waals surface area contributed by atoms with Crippen molar-refractivity contribution in [3.8, 4) is 5.75 Å². The number of nitrogens with two attached hydrogens (primary N) is 1. The molecule has 13 heavy (non-hydrogen) atoms. The summed E-state index contributed by atoms with van der Waals surface area (Å²) in [6.45, 7) is 2.40. The first-order chi connectivity index (χ1) is 6.27. The van der Waals surface area contributed by atoms with Gasteiger partial charge >= 0.3 is 0 Å². The number of rotatable bonds is 3. The number of pyridine rings is 1. The lowest BCUT2D eigenvalue weighted by molar-refractivity contribution is 0.0950. The average molecular weight is 181 g/mol. The lowest BCUT2D eigenvalue weighted by atomic mass is 10.3. The van der Waals surface area contributed by atoms with Crippen molar-refractivity contribution in [3.63, 3.8) is 0 Å². The number of amides is 1. The molecule has 0 atom stereocenters. The quantitative estimate of drug-likeness (QED) is 0.647. The maximum Gasteiger partial charge on any atom is 0.270 e. The van der Waals surface area contributed by atoms with Crippen LogP contribution in [0.15, 0.2) is 18.3 Å². The van der Waals surface area contributed by atoms with E-state index in [4.69, 9.17) is 5.90 Å². The third-order valence-electron chi connectivity index (χ3n) is 1.44. The molecular weight excluding hydrogens is 170 g/mol. The molecule has 0 unspecified atom stereocenters. The summed E-state index contributed by atoms with van der Waals surface area (Å²) in [7, 11) is 0. The Bertz CT molecular complexity index is 301. The van der Waals surface area contributed by atoms with E-state index in [2.05, 4.69) is 15.1 Å². The number of aromatic nitrogens is 1. The number of hydrogen-bond donors (Lipinski definition) is 2. The summed E-state index contributed by atoms with van der Waals surface area (Å²) in [5.74, 6) is 5.11. The monoisotopic (exact) mass is 181 g/mol. The first-order valence-electron chi connectivity index (χ1n) is 3.89. The molecule has 5 heteroatoms. The zero-order chi connectivity index (χ0) is 9.68. The molecule has 1 aromatic heterocycles. The van der Waals surface area contributed by atoms with Gasteiger partial charge in [-0.25, -0.2) is 0 Å². The average Bonchev–Trinajstić information content (AvgIpc) is 2.18. The summed E-state index contributed by atoms with van der Waals surface area (Å²) in [4.78, 5) is 19.6. The van der Waals surface area contributed by atoms with E-state index in [9.17, 15) is 4.79 Å². The van der Waals surface area contributed by atoms with Crippen molar-refractivity contribution in [1.82, 2.24) is 10.3 Å². The Morgan fingerprint density at radius 1 is 1.77 bits per heavy atom. The van der Waals surface area contributed by atoms with Crippen LogP contribution in [0.5, 0.6) is 5.75 Å². The van der Waals surface area contributed by atoms with Gasteiger partial charge in [0, 0.05) is 24.9 Å². The van der Waals surface area contributed by atoms with E-state index in [0.717, 1.165) is 0 Å². The standard InChI is InChI=1S/C8H11N3O2/c1-2-10-8(12)7-5-6(13-9)3-4-11-7/h3-5H,2,9H2,1H3,(H,10,12). The molecule has 0 aromatic carbocycles. The van der Waals surface area contributed by atoms with Gasteiger partial charge < -0.3 is 10.2 Å². The highest BCUT2D eigenvalue weighted by Gasteiger charge is 2.06. The highest BCUT2D eigenvalue weighted by atomic mass is 16.6. The van der Waals surface area contributed by atoms with Gasteiger partial charge in [0.2, 0.25) is 0 Å². The Morgan fingerprint density at radius 2 is 2.54 bits per heavy atom. The summed E-state index contributed by atoms with van der Waals surface area (Å²) in [6, 6.07) is 3.05. The Labute approximate surface area is 75.9 Å². The Hall–Kier alpha value is -1.62. The summed E-state index contributed by atoms with van der Waals surface area (Å²) in [6.07, 6.45) is 1.47. The van der Waals surface area contributed by atoms with E-state index in [1.165, 1.54) is 12.3 Å². The minimum absolute atomic E-state index is 0.235. The molecule has 3 N–H and O–H groups in total. The lowest BCUT2D eigenvalue weighted by Crippen LogP contribution is -2.23. The molecule has 5 nitrogen and oxygen atoms in total. The van der Waals surface area contributed by atoms with Crippen LogP contribution in [0, 0.1) is 0 Å². The Balaban J connectivity index is 2.82. The predicted molar refractivity (Wildman–Crippen MR) is 47.1 cm³/mol. The van der Waals surface area contributed by atoms with Crippen LogP contribution in [0.25, 0.3) is 0 Å². The number of carbonyl (C=O) groups excluding carboxylic acids is 1. The van der Waals surface area contributed by atoms with Gasteiger partial charge in [0.25, 0.3) is 5.91 Å². The fourth-order valence-corrected chi connectivity index (χ4v) is 0.860. The summed E-state index contributed by atoms with van der Waals surface area (Å²) < 4.78 is 0. The fourth-order valence-electron chi connectivity index (χ4n) is 0.860. The van der Waals surface area contributed by atoms with E-state index in [1.807, 2.05) is 6.92 Å². The zero-order valence-corrected chi connectivity index (χ0v) is 7.28. The van der Waals surface area contributed by atoms with Crippen molar-refractivity contribution in [3.05, 3.63) is 24.0 Å². The van der Waals surface area contributed by atoms with E-state index in [-0.39, 0.29) is 5.91 Å². The third-order valence-corrected chi connectivity index (χ3v) is 1.44. The van der Waals surface area contributed by atoms with Gasteiger partial charge in [0.15, 0.2) is 5.75 Å². The maximum atomic E-state index is 11.2. The maximum absolute atomic E-state index is 11.2. The van der Waals surface area contributed by atoms with Crippen LogP contribution in [0.2, 0.25) is 0 Å². The number of carbonyl (C=O) groups is 1. The minimum Gasteiger partial charge on any atom is -0.411 e. The number of nitrogens with one attached hydrogen (secondary N) is 1. The molecule has 1 heterocycles. The normalized spacial score (nSPS) is 9.38. The van der Waals surface area contributed by atoms with Crippen LogP contribution in [-0.4, -0.2) is 17.4 Å². The highest BCUT2D eigenvalue weighted by Crippen LogP contribution is 2.08. The number of nitrogens with zero attached hydrogens (tertiary/aromatic N) is 1. The van der Waals surface area contributed by atoms with Crippen LogP contribution in [0.3, 0.4) is 0 Å². The number of hydrogen-bond acceptors (Lipinski definition) is 4. The lowest BCUT2D eigenvalue weighted by Gasteiger charge is -2.02. The molecule has 0 aliphatic carbocycles. The molecule has 0 spiro atoms. The van der Waals surface area contributed by atoms with Crippen molar-refractivity contribution in [2.24, 2.45) is 5.90 Å². The molecule has 0 aliphatic heterocycles. The Morgan fingerprint density at radius 3 is 3.15 bits per heavy atom. The smallest absolute Gasteiger partial charge is 0.270 e. The summed E-state index contributed by atoms with van der Waals surface area (Å²) in [5.41, 5.74) is 0.296. The van der Waals surface area contributed by atoms with E-state index in [0.29, 0.717) is 18.0 Å². The van der Waals surface area contributed by atoms with E-state index in [1.54, 1.807) is 6.07 Å². The largest absolute Gasteiger partial charge is 0.411 e. The van der Waals surface area contributed by atoms with Gasteiger partial charge in [-0.2, -0.15) is 5.90 Å². The van der Waals surface area contributed by atoms with Crippen molar-refractivity contribution in [2.45, 2.75) is 6.92 Å². The van der Waals surface area contributed by atoms with Gasteiger partial charge in [-0.3, -0.25) is 9.78 Å². The van der Waals surface area contributed by atoms with Gasteiger partial charge in [0.1, 0.15) is 5.69 Å². The van der Waals surface area contributed by atoms with Crippen molar-refractivity contribution in [1.29, 1.82) is 0 Å². The molecule has 1 amide bonds. The molecule has 0 fully saturated rings. The Kier molecular flexibility index (Phi) is 3.22. The summed E-state index contributed by atoms with van der Waals surface area (Å²) in [5, 5.41) is 2.62. The highest BCUT2D eigenvalue weighted by molar-refractivity contribution is 5.92. The molecule has 0 aliphatic rings. The van der Waals surface area contributed by atoms with Crippen LogP contribution < -0.4 is 16.1 Å². The van der Waals surface area contributed by atoms with Gasteiger partial charge in [-0.05, 0) is 6.92 Å². The molecule has 0 saturated carbocycles. The molecule has 0 radical (unpaired) electrons. The van der Waals surface area contributed by atoms with Crippen LogP contribution in [-0.2, 0) is 0 Å². The second-order valence-corrected chi connectivity index (χ2v) is 2.35. The molecule has 0 saturated heterocycles. The van der Waals surface area contributed by atoms with E-state index < -0.39 is 0 Å². The SMILES string of the molecule is CCNC(=O)c1cc(ON)ccn1. The third kappa shape index (κ3) is 2.41. The van der Waals surface area contributed by atoms with Gasteiger partial charge in [0.05, 0.1) is 0 Å². The molecule has 1 rings (SSSR count). The van der Waals surface area contributed by atoms with Crippen molar-refractivity contribution >= 4 is 5.91 Å². The second kappa shape index (κ2) is 4.42.